The summed E-state index contributed by atoms with van der Waals surface area (Å²) in [4.78, 5) is 0. The Bertz CT molecular complexity index is 224. The molecular weight excluding hydrogens is 144 g/mol. The van der Waals surface area contributed by atoms with E-state index in [1.54, 1.807) is 5.57 Å². The van der Waals surface area contributed by atoms with Crippen LogP contribution >= 0.6 is 0 Å². The topological polar surface area (TPSA) is 0 Å². The van der Waals surface area contributed by atoms with Crippen LogP contribution in [0.4, 0.5) is 0 Å². The highest BCUT2D eigenvalue weighted by atomic mass is 14.2. The van der Waals surface area contributed by atoms with E-state index in [1.165, 1.54) is 25.7 Å². The fourth-order valence-corrected chi connectivity index (χ4v) is 1.87. The maximum absolute atomic E-state index is 3.12. The van der Waals surface area contributed by atoms with Crippen LogP contribution in [0.2, 0.25) is 0 Å². The molecule has 12 heavy (non-hydrogen) atoms. The Labute approximate surface area is 75.0 Å². The first-order chi connectivity index (χ1) is 5.88. The van der Waals surface area contributed by atoms with Crippen LogP contribution in [0.5, 0.6) is 0 Å². The fourth-order valence-electron chi connectivity index (χ4n) is 1.87. The lowest BCUT2D eigenvalue weighted by Crippen LogP contribution is -1.96. The molecule has 0 aliphatic heterocycles. The molecule has 0 aromatic heterocycles. The van der Waals surface area contributed by atoms with Gasteiger partial charge < -0.3 is 0 Å². The minimum Gasteiger partial charge on any atom is -0.137 e. The molecule has 0 heterocycles. The van der Waals surface area contributed by atoms with Crippen molar-refractivity contribution in [3.63, 3.8) is 0 Å². The molecule has 0 N–H and O–H groups in total. The first kappa shape index (κ1) is 9.09. The number of fused-ring (bicyclic) bond motifs is 1. The van der Waals surface area contributed by atoms with Crippen molar-refractivity contribution in [1.82, 2.24) is 0 Å². The lowest BCUT2D eigenvalue weighted by molar-refractivity contribution is 0.633. The van der Waals surface area contributed by atoms with Crippen molar-refractivity contribution in [2.45, 2.75) is 25.7 Å². The first-order valence-corrected chi connectivity index (χ1v) is 4.53. The Morgan fingerprint density at radius 3 is 2.83 bits per heavy atom. The van der Waals surface area contributed by atoms with Crippen molar-refractivity contribution < 1.29 is 0 Å². The Kier molecular flexibility index (Phi) is 3.63. The summed E-state index contributed by atoms with van der Waals surface area (Å²) in [7, 11) is 0. The van der Waals surface area contributed by atoms with E-state index < -0.39 is 0 Å². The standard InChI is InChI=1S/C9H12.C3H4/c1-2-5-9-7-3-6-8(9)4-1;1-3-2/h1-2,4,9H,3,5-7H2;1-2H2. The highest BCUT2D eigenvalue weighted by molar-refractivity contribution is 5.23. The number of hydrogen-bond donors (Lipinski definition) is 0. The summed E-state index contributed by atoms with van der Waals surface area (Å²) in [5.41, 5.74) is 3.96. The van der Waals surface area contributed by atoms with Crippen molar-refractivity contribution in [1.29, 1.82) is 0 Å². The number of hydrogen-bond acceptors (Lipinski definition) is 0. The molecule has 2 aliphatic rings. The molecule has 0 aromatic rings. The van der Waals surface area contributed by atoms with Gasteiger partial charge in [-0.25, -0.2) is 0 Å². The molecule has 2 rings (SSSR count). The van der Waals surface area contributed by atoms with Crippen LogP contribution in [0.1, 0.15) is 25.7 Å². The van der Waals surface area contributed by atoms with E-state index in [0.29, 0.717) is 0 Å². The third kappa shape index (κ3) is 2.25. The smallest absolute Gasteiger partial charge is 0.0165 e. The van der Waals surface area contributed by atoms with E-state index in [4.69, 9.17) is 0 Å². The van der Waals surface area contributed by atoms with Gasteiger partial charge in [-0.3, -0.25) is 0 Å². The summed E-state index contributed by atoms with van der Waals surface area (Å²) in [6.07, 6.45) is 12.4. The molecule has 0 spiro atoms. The number of allylic oxidation sites excluding steroid dienone is 4. The average Bonchev–Trinajstić information content (AvgIpc) is 2.52. The highest BCUT2D eigenvalue weighted by Crippen LogP contribution is 2.35. The van der Waals surface area contributed by atoms with Gasteiger partial charge >= 0.3 is 0 Å². The zero-order valence-corrected chi connectivity index (χ0v) is 7.55. The van der Waals surface area contributed by atoms with Crippen LogP contribution in [0.25, 0.3) is 0 Å². The summed E-state index contributed by atoms with van der Waals surface area (Å²) in [6, 6.07) is 0. The molecule has 0 saturated heterocycles. The molecule has 2 aliphatic carbocycles. The molecule has 1 fully saturated rings. The van der Waals surface area contributed by atoms with E-state index in [2.05, 4.69) is 37.1 Å². The normalized spacial score (nSPS) is 24.7. The molecule has 0 radical (unpaired) electrons. The zero-order chi connectivity index (χ0) is 8.81. The van der Waals surface area contributed by atoms with Crippen LogP contribution in [-0.2, 0) is 0 Å². The summed E-state index contributed by atoms with van der Waals surface area (Å²) in [5.74, 6) is 0.940. The summed E-state index contributed by atoms with van der Waals surface area (Å²) in [5, 5.41) is 0. The molecule has 1 saturated carbocycles. The van der Waals surface area contributed by atoms with Gasteiger partial charge in [0.05, 0.1) is 0 Å². The average molecular weight is 160 g/mol. The van der Waals surface area contributed by atoms with Crippen molar-refractivity contribution in [2.24, 2.45) is 5.92 Å². The third-order valence-electron chi connectivity index (χ3n) is 2.41. The predicted molar refractivity (Wildman–Crippen MR) is 53.9 cm³/mol. The predicted octanol–water partition coefficient (Wildman–Crippen LogP) is 3.63. The van der Waals surface area contributed by atoms with E-state index in [9.17, 15) is 0 Å². The van der Waals surface area contributed by atoms with Gasteiger partial charge in [0.2, 0.25) is 0 Å². The minimum atomic E-state index is 0.940. The molecular formula is C12H16. The van der Waals surface area contributed by atoms with Gasteiger partial charge in [0.25, 0.3) is 0 Å². The molecule has 0 aromatic carbocycles. The lowest BCUT2D eigenvalue weighted by Gasteiger charge is -2.11. The number of rotatable bonds is 0. The Balaban J connectivity index is 0.000000213. The minimum absolute atomic E-state index is 0.940. The Hall–Kier alpha value is -1.00. The van der Waals surface area contributed by atoms with Crippen molar-refractivity contribution in [3.8, 4) is 0 Å². The van der Waals surface area contributed by atoms with Gasteiger partial charge in [-0.2, -0.15) is 0 Å². The van der Waals surface area contributed by atoms with Crippen molar-refractivity contribution in [3.05, 3.63) is 42.7 Å². The van der Waals surface area contributed by atoms with Gasteiger partial charge in [0.1, 0.15) is 0 Å². The van der Waals surface area contributed by atoms with Crippen molar-refractivity contribution >= 4 is 0 Å². The van der Waals surface area contributed by atoms with Gasteiger partial charge in [-0.15, -0.1) is 5.73 Å². The van der Waals surface area contributed by atoms with Gasteiger partial charge in [0, 0.05) is 0 Å². The maximum atomic E-state index is 3.12. The molecule has 0 amide bonds. The second-order valence-electron chi connectivity index (χ2n) is 3.24. The van der Waals surface area contributed by atoms with Crippen LogP contribution in [-0.4, -0.2) is 0 Å². The van der Waals surface area contributed by atoms with E-state index in [0.717, 1.165) is 5.92 Å². The molecule has 64 valence electrons. The Morgan fingerprint density at radius 1 is 1.42 bits per heavy atom. The second-order valence-corrected chi connectivity index (χ2v) is 3.24. The van der Waals surface area contributed by atoms with Crippen LogP contribution in [0.3, 0.4) is 0 Å². The first-order valence-electron chi connectivity index (χ1n) is 4.53. The molecule has 0 nitrogen and oxygen atoms in total. The Morgan fingerprint density at radius 2 is 2.17 bits per heavy atom. The zero-order valence-electron chi connectivity index (χ0n) is 7.55. The SMILES string of the molecule is C1=CCC2CCCC2=C1.C=C=C. The maximum Gasteiger partial charge on any atom is -0.0165 e. The molecule has 0 heteroatoms. The second kappa shape index (κ2) is 4.79. The van der Waals surface area contributed by atoms with Gasteiger partial charge in [-0.1, -0.05) is 37.0 Å². The monoisotopic (exact) mass is 160 g/mol. The van der Waals surface area contributed by atoms with Crippen molar-refractivity contribution in [2.75, 3.05) is 0 Å². The largest absolute Gasteiger partial charge is 0.137 e. The van der Waals surface area contributed by atoms with Gasteiger partial charge in [-0.05, 0) is 31.6 Å². The molecule has 1 atom stereocenters. The lowest BCUT2D eigenvalue weighted by atomic mass is 9.95. The highest BCUT2D eigenvalue weighted by Gasteiger charge is 2.19. The van der Waals surface area contributed by atoms with Gasteiger partial charge in [0.15, 0.2) is 0 Å². The van der Waals surface area contributed by atoms with Crippen LogP contribution in [0, 0.1) is 5.92 Å². The van der Waals surface area contributed by atoms with E-state index >= 15 is 0 Å². The summed E-state index contributed by atoms with van der Waals surface area (Å²) in [6.45, 7) is 6.25. The molecule has 0 bridgehead atoms. The van der Waals surface area contributed by atoms with E-state index in [-0.39, 0.29) is 0 Å². The summed E-state index contributed by atoms with van der Waals surface area (Å²) < 4.78 is 0. The fraction of sp³-hybridized carbons (Fsp3) is 0.417. The van der Waals surface area contributed by atoms with E-state index in [1.807, 2.05) is 0 Å². The quantitative estimate of drug-likeness (QED) is 0.475. The third-order valence-corrected chi connectivity index (χ3v) is 2.41. The molecule has 1 unspecified atom stereocenters. The van der Waals surface area contributed by atoms with Crippen LogP contribution < -0.4 is 0 Å². The summed E-state index contributed by atoms with van der Waals surface area (Å²) >= 11 is 0. The van der Waals surface area contributed by atoms with Crippen LogP contribution in [0.15, 0.2) is 42.7 Å².